The van der Waals surface area contributed by atoms with Gasteiger partial charge in [0.25, 0.3) is 0 Å². The highest BCUT2D eigenvalue weighted by atomic mass is 16.5. The van der Waals surface area contributed by atoms with Crippen molar-refractivity contribution in [3.05, 3.63) is 35.3 Å². The van der Waals surface area contributed by atoms with E-state index in [1.54, 1.807) is 0 Å². The third-order valence-electron chi connectivity index (χ3n) is 4.09. The van der Waals surface area contributed by atoms with E-state index >= 15 is 0 Å². The molecule has 0 radical (unpaired) electrons. The zero-order valence-corrected chi connectivity index (χ0v) is 10.9. The Morgan fingerprint density at radius 2 is 2.26 bits per heavy atom. The van der Waals surface area contributed by atoms with Crippen LogP contribution in [-0.2, 0) is 25.9 Å². The largest absolute Gasteiger partial charge is 0.493 e. The number of imidazole rings is 1. The molecule has 0 atom stereocenters. The molecule has 2 N–H and O–H groups in total. The predicted octanol–water partition coefficient (Wildman–Crippen LogP) is 1.89. The Balaban J connectivity index is 1.84. The van der Waals surface area contributed by atoms with Crippen molar-refractivity contribution in [1.29, 1.82) is 0 Å². The fraction of sp³-hybridized carbons (Fsp3) is 0.400. The highest BCUT2D eigenvalue weighted by Gasteiger charge is 2.22. The molecule has 0 amide bonds. The second-order valence-electron chi connectivity index (χ2n) is 5.20. The quantitative estimate of drug-likeness (QED) is 0.891. The van der Waals surface area contributed by atoms with E-state index in [0.29, 0.717) is 6.54 Å². The maximum absolute atomic E-state index is 5.80. The Hall–Kier alpha value is -1.81. The normalized spacial score (nSPS) is 16.3. The van der Waals surface area contributed by atoms with Crippen LogP contribution in [0.5, 0.6) is 5.75 Å². The minimum absolute atomic E-state index is 0.515. The summed E-state index contributed by atoms with van der Waals surface area (Å²) in [5.41, 5.74) is 10.8. The molecular weight excluding hydrogens is 238 g/mol. The lowest BCUT2D eigenvalue weighted by molar-refractivity contribution is 0.357. The van der Waals surface area contributed by atoms with Gasteiger partial charge in [-0.2, -0.15) is 0 Å². The van der Waals surface area contributed by atoms with E-state index in [1.807, 2.05) is 0 Å². The first-order valence-corrected chi connectivity index (χ1v) is 6.91. The predicted molar refractivity (Wildman–Crippen MR) is 73.1 cm³/mol. The summed E-state index contributed by atoms with van der Waals surface area (Å²) in [4.78, 5) is 4.74. The minimum Gasteiger partial charge on any atom is -0.493 e. The van der Waals surface area contributed by atoms with Crippen LogP contribution in [0.4, 0.5) is 0 Å². The number of benzene rings is 1. The minimum atomic E-state index is 0.515. The molecule has 2 aliphatic rings. The number of nitrogens with two attached hydrogens (primary N) is 1. The van der Waals surface area contributed by atoms with Crippen LogP contribution in [0.3, 0.4) is 0 Å². The number of rotatable bonds is 2. The Morgan fingerprint density at radius 1 is 1.32 bits per heavy atom. The van der Waals surface area contributed by atoms with Crippen molar-refractivity contribution in [1.82, 2.24) is 9.55 Å². The Bertz CT molecular complexity index is 645. The van der Waals surface area contributed by atoms with Crippen LogP contribution in [0.25, 0.3) is 11.3 Å². The first-order chi connectivity index (χ1) is 9.36. The van der Waals surface area contributed by atoms with Gasteiger partial charge in [0.1, 0.15) is 11.6 Å². The first kappa shape index (κ1) is 11.1. The van der Waals surface area contributed by atoms with Crippen LogP contribution in [0.15, 0.2) is 18.2 Å². The highest BCUT2D eigenvalue weighted by Crippen LogP contribution is 2.34. The number of fused-ring (bicyclic) bond motifs is 2. The SMILES string of the molecule is NCc1nc(-c2ccc3c(c2)CCO3)c2n1CCC2. The van der Waals surface area contributed by atoms with Crippen molar-refractivity contribution in [2.24, 2.45) is 5.73 Å². The molecule has 19 heavy (non-hydrogen) atoms. The number of ether oxygens (including phenoxy) is 1. The molecule has 0 bridgehead atoms. The van der Waals surface area contributed by atoms with Crippen molar-refractivity contribution in [2.45, 2.75) is 32.4 Å². The van der Waals surface area contributed by atoms with Crippen LogP contribution in [-0.4, -0.2) is 16.2 Å². The molecule has 3 heterocycles. The molecule has 0 aliphatic carbocycles. The summed E-state index contributed by atoms with van der Waals surface area (Å²) in [5, 5.41) is 0. The molecule has 2 aromatic rings. The van der Waals surface area contributed by atoms with Crippen molar-refractivity contribution < 1.29 is 4.74 Å². The summed E-state index contributed by atoms with van der Waals surface area (Å²) in [7, 11) is 0. The lowest BCUT2D eigenvalue weighted by Gasteiger charge is -2.03. The molecule has 1 aromatic heterocycles. The Kier molecular flexibility index (Phi) is 2.38. The summed E-state index contributed by atoms with van der Waals surface area (Å²) in [6.45, 7) is 2.37. The monoisotopic (exact) mass is 255 g/mol. The Labute approximate surface area is 112 Å². The molecule has 4 rings (SSSR count). The van der Waals surface area contributed by atoms with Crippen LogP contribution in [0.2, 0.25) is 0 Å². The van der Waals surface area contributed by atoms with E-state index in [0.717, 1.165) is 43.3 Å². The summed E-state index contributed by atoms with van der Waals surface area (Å²) >= 11 is 0. The van der Waals surface area contributed by atoms with Gasteiger partial charge in [0.05, 0.1) is 18.8 Å². The van der Waals surface area contributed by atoms with Gasteiger partial charge >= 0.3 is 0 Å². The fourth-order valence-corrected chi connectivity index (χ4v) is 3.18. The molecule has 98 valence electrons. The standard InChI is InChI=1S/C15H17N3O/c16-9-14-17-15(12-2-1-6-18(12)14)11-3-4-13-10(8-11)5-7-19-13/h3-4,8H,1-2,5-7,9,16H2. The lowest BCUT2D eigenvalue weighted by Crippen LogP contribution is -2.06. The van der Waals surface area contributed by atoms with Gasteiger partial charge in [0.2, 0.25) is 0 Å². The third-order valence-corrected chi connectivity index (χ3v) is 4.09. The first-order valence-electron chi connectivity index (χ1n) is 6.91. The molecule has 1 aromatic carbocycles. The third kappa shape index (κ3) is 1.60. The van der Waals surface area contributed by atoms with E-state index < -0.39 is 0 Å². The molecule has 0 saturated heterocycles. The summed E-state index contributed by atoms with van der Waals surface area (Å²) in [6, 6.07) is 6.41. The number of aromatic nitrogens is 2. The van der Waals surface area contributed by atoms with Gasteiger partial charge in [-0.05, 0) is 36.6 Å². The van der Waals surface area contributed by atoms with Gasteiger partial charge in [0.15, 0.2) is 0 Å². The smallest absolute Gasteiger partial charge is 0.123 e. The molecule has 4 heteroatoms. The number of nitrogens with zero attached hydrogens (tertiary/aromatic N) is 2. The maximum Gasteiger partial charge on any atom is 0.123 e. The summed E-state index contributed by atoms with van der Waals surface area (Å²) in [6.07, 6.45) is 3.31. The number of hydrogen-bond acceptors (Lipinski definition) is 3. The van der Waals surface area contributed by atoms with E-state index in [9.17, 15) is 0 Å². The van der Waals surface area contributed by atoms with Gasteiger partial charge in [-0.3, -0.25) is 0 Å². The average Bonchev–Trinajstić information content (AvgIpc) is 3.13. The zero-order valence-electron chi connectivity index (χ0n) is 10.9. The van der Waals surface area contributed by atoms with Crippen molar-refractivity contribution in [3.8, 4) is 17.0 Å². The van der Waals surface area contributed by atoms with E-state index in [1.165, 1.54) is 23.2 Å². The second-order valence-corrected chi connectivity index (χ2v) is 5.20. The molecule has 0 fully saturated rings. The van der Waals surface area contributed by atoms with E-state index in [2.05, 4.69) is 22.8 Å². The molecule has 0 spiro atoms. The van der Waals surface area contributed by atoms with Crippen LogP contribution < -0.4 is 10.5 Å². The van der Waals surface area contributed by atoms with Gasteiger partial charge in [-0.15, -0.1) is 0 Å². The van der Waals surface area contributed by atoms with Gasteiger partial charge in [0, 0.05) is 24.2 Å². The Morgan fingerprint density at radius 3 is 3.16 bits per heavy atom. The zero-order chi connectivity index (χ0) is 12.8. The second kappa shape index (κ2) is 4.10. The van der Waals surface area contributed by atoms with Crippen LogP contribution in [0.1, 0.15) is 23.5 Å². The average molecular weight is 255 g/mol. The van der Waals surface area contributed by atoms with E-state index in [-0.39, 0.29) is 0 Å². The van der Waals surface area contributed by atoms with Crippen molar-refractivity contribution in [2.75, 3.05) is 6.61 Å². The molecule has 0 saturated carbocycles. The van der Waals surface area contributed by atoms with Gasteiger partial charge < -0.3 is 15.0 Å². The maximum atomic E-state index is 5.80. The number of hydrogen-bond donors (Lipinski definition) is 1. The van der Waals surface area contributed by atoms with Gasteiger partial charge in [-0.25, -0.2) is 4.98 Å². The van der Waals surface area contributed by atoms with Crippen LogP contribution in [0, 0.1) is 0 Å². The molecule has 2 aliphatic heterocycles. The van der Waals surface area contributed by atoms with E-state index in [4.69, 9.17) is 15.5 Å². The topological polar surface area (TPSA) is 53.1 Å². The van der Waals surface area contributed by atoms with Crippen molar-refractivity contribution in [3.63, 3.8) is 0 Å². The molecular formula is C15H17N3O. The summed E-state index contributed by atoms with van der Waals surface area (Å²) < 4.78 is 7.85. The molecule has 0 unspecified atom stereocenters. The molecule has 4 nitrogen and oxygen atoms in total. The van der Waals surface area contributed by atoms with Crippen LogP contribution >= 0.6 is 0 Å². The fourth-order valence-electron chi connectivity index (χ4n) is 3.18. The lowest BCUT2D eigenvalue weighted by atomic mass is 10.0. The van der Waals surface area contributed by atoms with Gasteiger partial charge in [-0.1, -0.05) is 0 Å². The van der Waals surface area contributed by atoms with Crippen molar-refractivity contribution >= 4 is 0 Å². The summed E-state index contributed by atoms with van der Waals surface area (Å²) in [5.74, 6) is 2.04. The highest BCUT2D eigenvalue weighted by molar-refractivity contribution is 5.66.